The molecule has 0 aromatic rings. The van der Waals surface area contributed by atoms with E-state index < -0.39 is 6.16 Å². The van der Waals surface area contributed by atoms with Crippen LogP contribution >= 0.6 is 0 Å². The van der Waals surface area contributed by atoms with Gasteiger partial charge in [-0.3, -0.25) is 0 Å². The van der Waals surface area contributed by atoms with Crippen LogP contribution in [0.1, 0.15) is 0 Å². The van der Waals surface area contributed by atoms with Gasteiger partial charge in [-0.05, 0) is 0 Å². The third-order valence-electron chi connectivity index (χ3n) is 0. The number of carbonyl (C=O) groups is 1. The molecule has 5 heteroatoms. The average molecular weight is 135 g/mol. The summed E-state index contributed by atoms with van der Waals surface area (Å²) in [6.45, 7) is 0. The van der Waals surface area contributed by atoms with Crippen molar-refractivity contribution in [2.24, 2.45) is 0 Å². The van der Waals surface area contributed by atoms with Crippen molar-refractivity contribution >= 4 is 6.16 Å². The second-order valence-corrected chi connectivity index (χ2v) is 0.283. The summed E-state index contributed by atoms with van der Waals surface area (Å²) in [5.74, 6) is 0. The standard InChI is InChI=1S/CH2O3.Mn.H2O/c2-1(3)4;;/h(H2,2,3,4);;1H2. The predicted molar refractivity (Wildman–Crippen MR) is 14.3 cm³/mol. The smallest absolute Gasteiger partial charge is 0.450 e. The van der Waals surface area contributed by atoms with Gasteiger partial charge in [0.1, 0.15) is 0 Å². The Balaban J connectivity index is -0.0000000450. The van der Waals surface area contributed by atoms with Gasteiger partial charge >= 0.3 is 6.16 Å². The largest absolute Gasteiger partial charge is 0.503 e. The zero-order valence-electron chi connectivity index (χ0n) is 2.68. The molecule has 0 fully saturated rings. The zero-order valence-corrected chi connectivity index (χ0v) is 3.86. The Morgan fingerprint density at radius 3 is 1.33 bits per heavy atom. The van der Waals surface area contributed by atoms with Gasteiger partial charge in [-0.25, -0.2) is 4.79 Å². The van der Waals surface area contributed by atoms with E-state index >= 15 is 0 Å². The minimum Gasteiger partial charge on any atom is -0.450 e. The molecule has 0 saturated heterocycles. The van der Waals surface area contributed by atoms with E-state index in [1.807, 2.05) is 0 Å². The summed E-state index contributed by atoms with van der Waals surface area (Å²) in [5.41, 5.74) is 0. The molecule has 4 N–H and O–H groups in total. The molecule has 0 aliphatic rings. The van der Waals surface area contributed by atoms with Gasteiger partial charge in [0.05, 0.1) is 0 Å². The fourth-order valence-electron chi connectivity index (χ4n) is 0. The normalized spacial score (nSPS) is 4.00. The molecule has 0 atom stereocenters. The van der Waals surface area contributed by atoms with E-state index in [0.29, 0.717) is 0 Å². The quantitative estimate of drug-likeness (QED) is 0.434. The summed E-state index contributed by atoms with van der Waals surface area (Å²) < 4.78 is 0. The third-order valence-corrected chi connectivity index (χ3v) is 0. The molecule has 0 amide bonds. The first-order valence-electron chi connectivity index (χ1n) is 0.651. The van der Waals surface area contributed by atoms with E-state index in [0.717, 1.165) is 0 Å². The molecule has 0 heterocycles. The van der Waals surface area contributed by atoms with E-state index in [-0.39, 0.29) is 22.5 Å². The van der Waals surface area contributed by atoms with Crippen molar-refractivity contribution in [3.05, 3.63) is 0 Å². The van der Waals surface area contributed by atoms with Crippen molar-refractivity contribution in [3.8, 4) is 0 Å². The van der Waals surface area contributed by atoms with Gasteiger partial charge < -0.3 is 15.7 Å². The van der Waals surface area contributed by atoms with Crippen molar-refractivity contribution < 1.29 is 37.6 Å². The van der Waals surface area contributed by atoms with Crippen molar-refractivity contribution in [2.75, 3.05) is 0 Å². The SMILES string of the molecule is O.O=C(O)O.[Mn]. The van der Waals surface area contributed by atoms with Gasteiger partial charge in [0.25, 0.3) is 0 Å². The maximum absolute atomic E-state index is 8.56. The summed E-state index contributed by atoms with van der Waals surface area (Å²) in [7, 11) is 0. The van der Waals surface area contributed by atoms with Crippen LogP contribution in [0.5, 0.6) is 0 Å². The summed E-state index contributed by atoms with van der Waals surface area (Å²) in [5, 5.41) is 13.9. The molecule has 0 aliphatic carbocycles. The summed E-state index contributed by atoms with van der Waals surface area (Å²) in [4.78, 5) is 8.56. The molecule has 0 aliphatic heterocycles. The molecule has 0 rings (SSSR count). The fraction of sp³-hybridized carbons (Fsp3) is 0. The topological polar surface area (TPSA) is 89.0 Å². The predicted octanol–water partition coefficient (Wildman–Crippen LogP) is -0.605. The van der Waals surface area contributed by atoms with Gasteiger partial charge in [-0.1, -0.05) is 0 Å². The molecule has 4 nitrogen and oxygen atoms in total. The van der Waals surface area contributed by atoms with Crippen LogP contribution in [0.3, 0.4) is 0 Å². The first kappa shape index (κ1) is 17.2. The Labute approximate surface area is 44.6 Å². The number of rotatable bonds is 0. The molecule has 0 aromatic carbocycles. The van der Waals surface area contributed by atoms with Crippen LogP contribution < -0.4 is 0 Å². The first-order valence-corrected chi connectivity index (χ1v) is 0.651. The summed E-state index contributed by atoms with van der Waals surface area (Å²) >= 11 is 0. The van der Waals surface area contributed by atoms with Crippen LogP contribution in [0.25, 0.3) is 0 Å². The Bertz CT molecular complexity index is 30.5. The van der Waals surface area contributed by atoms with E-state index in [1.54, 1.807) is 0 Å². The first-order chi connectivity index (χ1) is 1.73. The Hall–Kier alpha value is -0.251. The Kier molecular flexibility index (Phi) is 25.3. The Morgan fingerprint density at radius 1 is 1.33 bits per heavy atom. The van der Waals surface area contributed by atoms with Crippen molar-refractivity contribution in [1.82, 2.24) is 0 Å². The third kappa shape index (κ3) is 452. The summed E-state index contributed by atoms with van der Waals surface area (Å²) in [6.07, 6.45) is -1.83. The van der Waals surface area contributed by atoms with E-state index in [1.165, 1.54) is 0 Å². The van der Waals surface area contributed by atoms with Gasteiger partial charge in [-0.15, -0.1) is 0 Å². The van der Waals surface area contributed by atoms with Crippen LogP contribution in [0, 0.1) is 0 Å². The van der Waals surface area contributed by atoms with E-state index in [9.17, 15) is 0 Å². The van der Waals surface area contributed by atoms with Gasteiger partial charge in [0, 0.05) is 17.1 Å². The minimum atomic E-state index is -1.83. The van der Waals surface area contributed by atoms with Crippen LogP contribution in [-0.4, -0.2) is 21.8 Å². The van der Waals surface area contributed by atoms with Crippen LogP contribution in [0.4, 0.5) is 4.79 Å². The molecule has 6 heavy (non-hydrogen) atoms. The summed E-state index contributed by atoms with van der Waals surface area (Å²) in [6, 6.07) is 0. The van der Waals surface area contributed by atoms with E-state index in [2.05, 4.69) is 0 Å². The molecule has 39 valence electrons. The molecule has 0 aromatic heterocycles. The monoisotopic (exact) mass is 135 g/mol. The Morgan fingerprint density at radius 2 is 1.33 bits per heavy atom. The molecular formula is CH4MnO4. The second-order valence-electron chi connectivity index (χ2n) is 0.283. The zero-order chi connectivity index (χ0) is 3.58. The molecular weight excluding hydrogens is 131 g/mol. The fourth-order valence-corrected chi connectivity index (χ4v) is 0. The average Bonchev–Trinajstić information content (AvgIpc) is 0.811. The van der Waals surface area contributed by atoms with Gasteiger partial charge in [0.2, 0.25) is 0 Å². The van der Waals surface area contributed by atoms with E-state index in [4.69, 9.17) is 15.0 Å². The molecule has 0 bridgehead atoms. The molecule has 1 radical (unpaired) electrons. The molecule has 0 spiro atoms. The van der Waals surface area contributed by atoms with Crippen LogP contribution in [0.2, 0.25) is 0 Å². The number of hydrogen-bond acceptors (Lipinski definition) is 1. The minimum absolute atomic E-state index is 0. The maximum Gasteiger partial charge on any atom is 0.503 e. The van der Waals surface area contributed by atoms with Crippen LogP contribution in [0.15, 0.2) is 0 Å². The van der Waals surface area contributed by atoms with Gasteiger partial charge in [0.15, 0.2) is 0 Å². The van der Waals surface area contributed by atoms with Gasteiger partial charge in [-0.2, -0.15) is 0 Å². The van der Waals surface area contributed by atoms with Crippen LogP contribution in [-0.2, 0) is 17.1 Å². The number of carboxylic acid groups (broad SMARTS) is 2. The molecule has 0 unspecified atom stereocenters. The van der Waals surface area contributed by atoms with Crippen molar-refractivity contribution in [3.63, 3.8) is 0 Å². The number of hydrogen-bond donors (Lipinski definition) is 2. The van der Waals surface area contributed by atoms with Crippen molar-refractivity contribution in [1.29, 1.82) is 0 Å². The maximum atomic E-state index is 8.56. The second kappa shape index (κ2) is 8.83. The molecule has 0 saturated carbocycles. The van der Waals surface area contributed by atoms with Crippen molar-refractivity contribution in [2.45, 2.75) is 0 Å².